The van der Waals surface area contributed by atoms with Crippen molar-refractivity contribution in [2.75, 3.05) is 49.7 Å². The second-order valence-corrected chi connectivity index (χ2v) is 11.4. The molecule has 0 unspecified atom stereocenters. The van der Waals surface area contributed by atoms with E-state index in [1.807, 2.05) is 26.2 Å². The normalized spacial score (nSPS) is 14.8. The van der Waals surface area contributed by atoms with Gasteiger partial charge in [0.25, 0.3) is 0 Å². The molecule has 5 rings (SSSR count). The summed E-state index contributed by atoms with van der Waals surface area (Å²) >= 11 is 6.30. The van der Waals surface area contributed by atoms with Crippen LogP contribution in [0, 0.1) is 6.92 Å². The topological polar surface area (TPSA) is 123 Å². The van der Waals surface area contributed by atoms with E-state index in [2.05, 4.69) is 68.3 Å². The predicted molar refractivity (Wildman–Crippen MR) is 168 cm³/mol. The van der Waals surface area contributed by atoms with Crippen LogP contribution in [0.15, 0.2) is 42.9 Å². The molecule has 0 radical (unpaired) electrons. The molecule has 3 N–H and O–H groups in total. The van der Waals surface area contributed by atoms with Crippen molar-refractivity contribution in [1.29, 1.82) is 0 Å². The highest BCUT2D eigenvalue weighted by atomic mass is 35.5. The minimum atomic E-state index is 0.0703. The number of piperidine rings is 1. The van der Waals surface area contributed by atoms with Gasteiger partial charge in [-0.1, -0.05) is 11.6 Å². The molecule has 0 aliphatic carbocycles. The number of aromatic nitrogens is 6. The van der Waals surface area contributed by atoms with Crippen LogP contribution < -0.4 is 20.7 Å². The second kappa shape index (κ2) is 12.9. The summed E-state index contributed by atoms with van der Waals surface area (Å²) in [5.74, 6) is 1.50. The van der Waals surface area contributed by atoms with E-state index < -0.39 is 0 Å². The van der Waals surface area contributed by atoms with Crippen molar-refractivity contribution in [2.45, 2.75) is 45.2 Å². The molecule has 1 aliphatic heterocycles. The summed E-state index contributed by atoms with van der Waals surface area (Å²) in [7, 11) is 6.16. The van der Waals surface area contributed by atoms with E-state index in [4.69, 9.17) is 27.1 Å². The summed E-state index contributed by atoms with van der Waals surface area (Å²) in [4.78, 5) is 22.6. The Morgan fingerprint density at radius 1 is 1.14 bits per heavy atom. The summed E-state index contributed by atoms with van der Waals surface area (Å²) in [6.07, 6.45) is 8.39. The van der Waals surface area contributed by atoms with Crippen LogP contribution in [0.3, 0.4) is 0 Å². The van der Waals surface area contributed by atoms with E-state index in [0.29, 0.717) is 35.3 Å². The van der Waals surface area contributed by atoms with Crippen LogP contribution >= 0.6 is 11.6 Å². The lowest BCUT2D eigenvalue weighted by molar-refractivity contribution is 0.249. The first-order valence-corrected chi connectivity index (χ1v) is 14.6. The lowest BCUT2D eigenvalue weighted by Gasteiger charge is -2.36. The van der Waals surface area contributed by atoms with Crippen molar-refractivity contribution in [3.05, 3.63) is 53.7 Å². The van der Waals surface area contributed by atoms with Gasteiger partial charge in [-0.15, -0.1) is 0 Å². The summed E-state index contributed by atoms with van der Waals surface area (Å²) < 4.78 is 7.91. The number of nitrogens with one attached hydrogen (secondary N) is 1. The molecule has 11 nitrogen and oxygen atoms in total. The van der Waals surface area contributed by atoms with Gasteiger partial charge in [0.2, 0.25) is 5.88 Å². The van der Waals surface area contributed by atoms with E-state index in [9.17, 15) is 0 Å². The van der Waals surface area contributed by atoms with Crippen molar-refractivity contribution in [2.24, 2.45) is 7.05 Å². The van der Waals surface area contributed by atoms with E-state index in [1.165, 1.54) is 0 Å². The number of anilines is 3. The number of nitrogens with two attached hydrogens (primary N) is 1. The third kappa shape index (κ3) is 6.74. The Bertz CT molecular complexity index is 1500. The van der Waals surface area contributed by atoms with Crippen LogP contribution in [-0.4, -0.2) is 80.5 Å². The van der Waals surface area contributed by atoms with Crippen molar-refractivity contribution in [3.8, 4) is 28.5 Å². The maximum Gasteiger partial charge on any atom is 0.223 e. The van der Waals surface area contributed by atoms with Crippen molar-refractivity contribution >= 4 is 28.8 Å². The maximum absolute atomic E-state index is 6.30. The zero-order valence-corrected chi connectivity index (χ0v) is 25.6. The van der Waals surface area contributed by atoms with E-state index >= 15 is 0 Å². The molecule has 1 atom stereocenters. The standard InChI is InChI=1S/C30H39ClN10O/c1-19(11-15-42-30-28(20(2)38-40(30)5)29-33-12-8-27(32)37-29)36-25-16-26(31)35-18-23(25)24-7-6-22(17-34-24)41-13-9-21(10-14-41)39(3)4/h6-8,12,16-19,21H,9-11,13-15H2,1-5H3,(H,35,36)(H2,32,33,37)/t19-/m0/s1. The molecule has 1 saturated heterocycles. The summed E-state index contributed by atoms with van der Waals surface area (Å²) in [5, 5.41) is 8.50. The molecule has 4 aromatic rings. The fourth-order valence-corrected chi connectivity index (χ4v) is 5.51. The average molecular weight is 591 g/mol. The van der Waals surface area contributed by atoms with Gasteiger partial charge in [-0.3, -0.25) is 4.98 Å². The monoisotopic (exact) mass is 590 g/mol. The Kier molecular flexibility index (Phi) is 9.08. The molecule has 1 aliphatic rings. The number of nitrogens with zero attached hydrogens (tertiary/aromatic N) is 8. The van der Waals surface area contributed by atoms with Crippen molar-refractivity contribution in [1.82, 2.24) is 34.6 Å². The molecule has 0 aromatic carbocycles. The third-order valence-corrected chi connectivity index (χ3v) is 7.92. The van der Waals surface area contributed by atoms with Crippen LogP contribution in [0.2, 0.25) is 5.15 Å². The van der Waals surface area contributed by atoms with Gasteiger partial charge in [-0.2, -0.15) is 5.10 Å². The fraction of sp³-hybridized carbons (Fsp3) is 0.433. The summed E-state index contributed by atoms with van der Waals surface area (Å²) in [6.45, 7) is 6.52. The zero-order valence-electron chi connectivity index (χ0n) is 24.9. The van der Waals surface area contributed by atoms with Crippen molar-refractivity contribution < 1.29 is 4.74 Å². The highest BCUT2D eigenvalue weighted by Crippen LogP contribution is 2.32. The Morgan fingerprint density at radius 3 is 2.62 bits per heavy atom. The Hall–Kier alpha value is -3.96. The number of hydrogen-bond donors (Lipinski definition) is 2. The lowest BCUT2D eigenvalue weighted by atomic mass is 10.0. The summed E-state index contributed by atoms with van der Waals surface area (Å²) in [6, 6.07) is 8.41. The number of nitrogen functional groups attached to an aromatic ring is 1. The number of rotatable bonds is 10. The van der Waals surface area contributed by atoms with Crippen LogP contribution in [0.25, 0.3) is 22.6 Å². The van der Waals surface area contributed by atoms with Crippen LogP contribution in [0.4, 0.5) is 17.2 Å². The molecule has 4 aromatic heterocycles. The van der Waals surface area contributed by atoms with E-state index in [-0.39, 0.29) is 6.04 Å². The van der Waals surface area contributed by atoms with E-state index in [1.54, 1.807) is 23.1 Å². The largest absolute Gasteiger partial charge is 0.477 e. The molecule has 0 spiro atoms. The molecule has 42 heavy (non-hydrogen) atoms. The zero-order chi connectivity index (χ0) is 29.8. The first-order valence-electron chi connectivity index (χ1n) is 14.2. The average Bonchev–Trinajstić information content (AvgIpc) is 3.25. The third-order valence-electron chi connectivity index (χ3n) is 7.72. The van der Waals surface area contributed by atoms with Crippen LogP contribution in [0.1, 0.15) is 31.9 Å². The minimum absolute atomic E-state index is 0.0703. The molecule has 12 heteroatoms. The van der Waals surface area contributed by atoms with Gasteiger partial charge in [0.1, 0.15) is 16.5 Å². The van der Waals surface area contributed by atoms with Crippen LogP contribution in [-0.2, 0) is 7.05 Å². The molecular formula is C30H39ClN10O. The quantitative estimate of drug-likeness (QED) is 0.252. The van der Waals surface area contributed by atoms with Gasteiger partial charge in [0, 0.05) is 62.3 Å². The minimum Gasteiger partial charge on any atom is -0.477 e. The molecule has 5 heterocycles. The highest BCUT2D eigenvalue weighted by molar-refractivity contribution is 6.29. The first kappa shape index (κ1) is 29.5. The second-order valence-electron chi connectivity index (χ2n) is 11.0. The van der Waals surface area contributed by atoms with Gasteiger partial charge in [0.05, 0.1) is 29.9 Å². The molecule has 0 saturated carbocycles. The Balaban J connectivity index is 1.23. The van der Waals surface area contributed by atoms with Gasteiger partial charge >= 0.3 is 0 Å². The number of aryl methyl sites for hydroxylation is 2. The van der Waals surface area contributed by atoms with Gasteiger partial charge in [-0.05, 0) is 65.0 Å². The smallest absolute Gasteiger partial charge is 0.223 e. The number of pyridine rings is 2. The van der Waals surface area contributed by atoms with Gasteiger partial charge in [0.15, 0.2) is 5.82 Å². The number of hydrogen-bond acceptors (Lipinski definition) is 10. The molecule has 0 bridgehead atoms. The number of halogens is 1. The van der Waals surface area contributed by atoms with Crippen LogP contribution in [0.5, 0.6) is 5.88 Å². The Labute approximate surface area is 252 Å². The van der Waals surface area contributed by atoms with E-state index in [0.717, 1.165) is 66.2 Å². The van der Waals surface area contributed by atoms with Gasteiger partial charge in [-0.25, -0.2) is 19.6 Å². The highest BCUT2D eigenvalue weighted by Gasteiger charge is 2.22. The SMILES string of the molecule is Cc1nn(C)c(OCC[C@H](C)Nc2cc(Cl)ncc2-c2ccc(N3CCC(N(C)C)CC3)cn2)c1-c1nccc(N)n1. The molecule has 0 amide bonds. The maximum atomic E-state index is 6.30. The lowest BCUT2D eigenvalue weighted by Crippen LogP contribution is -2.42. The molecular weight excluding hydrogens is 552 g/mol. The first-order chi connectivity index (χ1) is 20.2. The predicted octanol–water partition coefficient (Wildman–Crippen LogP) is 4.68. The van der Waals surface area contributed by atoms with Gasteiger partial charge < -0.3 is 25.6 Å². The molecule has 1 fully saturated rings. The fourth-order valence-electron chi connectivity index (χ4n) is 5.35. The summed E-state index contributed by atoms with van der Waals surface area (Å²) in [5.41, 5.74) is 11.2. The van der Waals surface area contributed by atoms with Crippen molar-refractivity contribution in [3.63, 3.8) is 0 Å². The molecule has 222 valence electrons. The number of ether oxygens (including phenoxy) is 1. The Morgan fingerprint density at radius 2 is 1.93 bits per heavy atom.